The molecular weight excluding hydrogens is 256 g/mol. The largest absolute Gasteiger partial charge is 0.392 e. The first-order valence-electron chi connectivity index (χ1n) is 9.32. The van der Waals surface area contributed by atoms with E-state index in [9.17, 15) is 0 Å². The number of aliphatic hydroxyl groups excluding tert-OH is 1. The number of rotatable bonds is 16. The molecule has 0 saturated carbocycles. The van der Waals surface area contributed by atoms with Crippen molar-refractivity contribution >= 4 is 0 Å². The molecular formula is C20H38O. The lowest BCUT2D eigenvalue weighted by Gasteiger charge is -1.99. The van der Waals surface area contributed by atoms with Gasteiger partial charge in [0.1, 0.15) is 0 Å². The van der Waals surface area contributed by atoms with Gasteiger partial charge >= 0.3 is 0 Å². The highest BCUT2D eigenvalue weighted by Gasteiger charge is 1.90. The lowest BCUT2D eigenvalue weighted by atomic mass is 10.1. The molecule has 0 saturated heterocycles. The number of aliphatic hydroxyl groups is 1. The molecule has 124 valence electrons. The van der Waals surface area contributed by atoms with Crippen LogP contribution >= 0.6 is 0 Å². The molecule has 0 aliphatic carbocycles. The Hall–Kier alpha value is -0.560. The van der Waals surface area contributed by atoms with Crippen molar-refractivity contribution in [3.63, 3.8) is 0 Å². The molecule has 0 aliphatic rings. The molecule has 0 heterocycles. The van der Waals surface area contributed by atoms with Crippen molar-refractivity contribution in [2.45, 2.75) is 96.8 Å². The van der Waals surface area contributed by atoms with Crippen LogP contribution < -0.4 is 0 Å². The third-order valence-electron chi connectivity index (χ3n) is 3.90. The van der Waals surface area contributed by atoms with E-state index < -0.39 is 0 Å². The fraction of sp³-hybridized carbons (Fsp3) is 0.800. The summed E-state index contributed by atoms with van der Waals surface area (Å²) >= 11 is 0. The van der Waals surface area contributed by atoms with Crippen molar-refractivity contribution in [2.75, 3.05) is 6.61 Å². The fourth-order valence-corrected chi connectivity index (χ4v) is 2.53. The molecule has 0 fully saturated rings. The van der Waals surface area contributed by atoms with E-state index in [2.05, 4.69) is 25.2 Å². The van der Waals surface area contributed by atoms with E-state index in [1.165, 1.54) is 83.5 Å². The van der Waals surface area contributed by atoms with Gasteiger partial charge < -0.3 is 5.11 Å². The lowest BCUT2D eigenvalue weighted by molar-refractivity contribution is 0.342. The van der Waals surface area contributed by atoms with Gasteiger partial charge in [0.15, 0.2) is 0 Å². The molecule has 0 rings (SSSR count). The summed E-state index contributed by atoms with van der Waals surface area (Å²) in [7, 11) is 0. The van der Waals surface area contributed by atoms with Crippen molar-refractivity contribution in [3.05, 3.63) is 24.3 Å². The highest BCUT2D eigenvalue weighted by atomic mass is 16.2. The maximum atomic E-state index is 8.60. The first-order valence-corrected chi connectivity index (χ1v) is 9.32. The molecule has 1 heteroatoms. The lowest BCUT2D eigenvalue weighted by Crippen LogP contribution is -1.79. The van der Waals surface area contributed by atoms with E-state index in [1.54, 1.807) is 0 Å². The predicted molar refractivity (Wildman–Crippen MR) is 95.7 cm³/mol. The SMILES string of the molecule is CCCCCCCC/C=C\CCCCCCCC=CCO. The van der Waals surface area contributed by atoms with Crippen LogP contribution in [-0.4, -0.2) is 11.7 Å². The van der Waals surface area contributed by atoms with Crippen LogP contribution in [0.4, 0.5) is 0 Å². The van der Waals surface area contributed by atoms with Gasteiger partial charge in [-0.3, -0.25) is 0 Å². The van der Waals surface area contributed by atoms with Gasteiger partial charge in [0.05, 0.1) is 6.61 Å². The molecule has 0 aromatic heterocycles. The minimum absolute atomic E-state index is 0.186. The number of hydrogen-bond acceptors (Lipinski definition) is 1. The molecule has 0 bridgehead atoms. The molecule has 0 aliphatic heterocycles. The molecule has 0 atom stereocenters. The molecule has 21 heavy (non-hydrogen) atoms. The van der Waals surface area contributed by atoms with Crippen LogP contribution in [0.25, 0.3) is 0 Å². The fourth-order valence-electron chi connectivity index (χ4n) is 2.53. The van der Waals surface area contributed by atoms with Crippen molar-refractivity contribution in [2.24, 2.45) is 0 Å². The second-order valence-corrected chi connectivity index (χ2v) is 6.03. The highest BCUT2D eigenvalue weighted by Crippen LogP contribution is 2.09. The van der Waals surface area contributed by atoms with Crippen molar-refractivity contribution in [1.82, 2.24) is 0 Å². The van der Waals surface area contributed by atoms with Gasteiger partial charge in [-0.2, -0.15) is 0 Å². The van der Waals surface area contributed by atoms with Crippen molar-refractivity contribution in [1.29, 1.82) is 0 Å². The molecule has 1 nitrogen and oxygen atoms in total. The molecule has 1 N–H and O–H groups in total. The maximum absolute atomic E-state index is 8.60. The Morgan fingerprint density at radius 1 is 0.524 bits per heavy atom. The van der Waals surface area contributed by atoms with Crippen LogP contribution in [0.2, 0.25) is 0 Å². The standard InChI is InChI=1S/C20H38O/c1-2-3-4-5-6-7-8-9-10-11-12-13-14-15-16-17-18-19-20-21/h9-10,18-19,21H,2-8,11-17,20H2,1H3/b10-9-,19-18?. The van der Waals surface area contributed by atoms with Crippen molar-refractivity contribution in [3.8, 4) is 0 Å². The quantitative estimate of drug-likeness (QED) is 0.252. The Balaban J connectivity index is 3.06. The van der Waals surface area contributed by atoms with Gasteiger partial charge in [0.2, 0.25) is 0 Å². The van der Waals surface area contributed by atoms with E-state index in [4.69, 9.17) is 5.11 Å². The summed E-state index contributed by atoms with van der Waals surface area (Å²) in [5.74, 6) is 0. The van der Waals surface area contributed by atoms with Gasteiger partial charge in [-0.15, -0.1) is 0 Å². The zero-order chi connectivity index (χ0) is 15.4. The van der Waals surface area contributed by atoms with E-state index >= 15 is 0 Å². The van der Waals surface area contributed by atoms with E-state index in [0.29, 0.717) is 0 Å². The first kappa shape index (κ1) is 20.4. The predicted octanol–water partition coefficient (Wildman–Crippen LogP) is 6.57. The molecule has 0 unspecified atom stereocenters. The number of hydrogen-bond donors (Lipinski definition) is 1. The van der Waals surface area contributed by atoms with Crippen LogP contribution in [0.1, 0.15) is 96.8 Å². The van der Waals surface area contributed by atoms with Crippen LogP contribution in [-0.2, 0) is 0 Å². The second-order valence-electron chi connectivity index (χ2n) is 6.03. The Morgan fingerprint density at radius 3 is 1.33 bits per heavy atom. The Bertz CT molecular complexity index is 230. The first-order chi connectivity index (χ1) is 10.4. The average molecular weight is 295 g/mol. The Kier molecular flexibility index (Phi) is 18.9. The minimum Gasteiger partial charge on any atom is -0.392 e. The van der Waals surface area contributed by atoms with E-state index in [-0.39, 0.29) is 6.61 Å². The second kappa shape index (κ2) is 19.4. The van der Waals surface area contributed by atoms with Crippen LogP contribution in [0, 0.1) is 0 Å². The van der Waals surface area contributed by atoms with Crippen molar-refractivity contribution < 1.29 is 5.11 Å². The smallest absolute Gasteiger partial charge is 0.0612 e. The zero-order valence-electron chi connectivity index (χ0n) is 14.4. The zero-order valence-corrected chi connectivity index (χ0v) is 14.4. The monoisotopic (exact) mass is 294 g/mol. The summed E-state index contributed by atoms with van der Waals surface area (Å²) in [6.07, 6.45) is 27.4. The normalized spacial score (nSPS) is 11.9. The molecule has 0 spiro atoms. The van der Waals surface area contributed by atoms with Gasteiger partial charge in [-0.05, 0) is 38.5 Å². The van der Waals surface area contributed by atoms with Gasteiger partial charge in [0.25, 0.3) is 0 Å². The van der Waals surface area contributed by atoms with Gasteiger partial charge in [0, 0.05) is 0 Å². The summed E-state index contributed by atoms with van der Waals surface area (Å²) in [5.41, 5.74) is 0. The molecule has 0 radical (unpaired) electrons. The topological polar surface area (TPSA) is 20.2 Å². The molecule has 0 aromatic carbocycles. The van der Waals surface area contributed by atoms with E-state index in [0.717, 1.165) is 6.42 Å². The highest BCUT2D eigenvalue weighted by molar-refractivity contribution is 4.81. The maximum Gasteiger partial charge on any atom is 0.0612 e. The summed E-state index contributed by atoms with van der Waals surface area (Å²) in [4.78, 5) is 0. The Morgan fingerprint density at radius 2 is 0.905 bits per heavy atom. The van der Waals surface area contributed by atoms with Crippen LogP contribution in [0.15, 0.2) is 24.3 Å². The summed E-state index contributed by atoms with van der Waals surface area (Å²) in [6, 6.07) is 0. The Labute approximate surface area is 133 Å². The average Bonchev–Trinajstić information content (AvgIpc) is 2.50. The summed E-state index contributed by atoms with van der Waals surface area (Å²) in [6.45, 7) is 2.46. The number of unbranched alkanes of at least 4 members (excludes halogenated alkanes) is 12. The molecule has 0 amide bonds. The summed E-state index contributed by atoms with van der Waals surface area (Å²) < 4.78 is 0. The third kappa shape index (κ3) is 19.4. The minimum atomic E-state index is 0.186. The van der Waals surface area contributed by atoms with Crippen LogP contribution in [0.5, 0.6) is 0 Å². The number of allylic oxidation sites excluding steroid dienone is 3. The van der Waals surface area contributed by atoms with Gasteiger partial charge in [-0.25, -0.2) is 0 Å². The van der Waals surface area contributed by atoms with Crippen LogP contribution in [0.3, 0.4) is 0 Å². The third-order valence-corrected chi connectivity index (χ3v) is 3.90. The van der Waals surface area contributed by atoms with E-state index in [1.807, 2.05) is 6.08 Å². The van der Waals surface area contributed by atoms with Gasteiger partial charge in [-0.1, -0.05) is 82.6 Å². The summed E-state index contributed by atoms with van der Waals surface area (Å²) in [5, 5.41) is 8.60. The molecule has 0 aromatic rings.